The summed E-state index contributed by atoms with van der Waals surface area (Å²) in [4.78, 5) is 11.9. The molecule has 1 heterocycles. The van der Waals surface area contributed by atoms with Crippen LogP contribution in [0.25, 0.3) is 0 Å². The van der Waals surface area contributed by atoms with E-state index in [-0.39, 0.29) is 5.78 Å². The second kappa shape index (κ2) is 19.9. The molecule has 6 rings (SSSR count). The van der Waals surface area contributed by atoms with Gasteiger partial charge in [-0.3, -0.25) is 4.79 Å². The first-order valence-corrected chi connectivity index (χ1v) is 20.4. The molecule has 28 heteroatoms. The fourth-order valence-corrected chi connectivity index (χ4v) is 7.93. The van der Waals surface area contributed by atoms with Crippen LogP contribution in [0.4, 0.5) is 105 Å². The maximum atomic E-state index is 14.2. The summed E-state index contributed by atoms with van der Waals surface area (Å²) in [6.07, 6.45) is -51.0. The van der Waals surface area contributed by atoms with Crippen molar-refractivity contribution < 1.29 is 115 Å². The summed E-state index contributed by atoms with van der Waals surface area (Å²) < 4.78 is 344. The predicted molar refractivity (Wildman–Crippen MR) is 215 cm³/mol. The summed E-state index contributed by atoms with van der Waals surface area (Å²) in [7, 11) is 0. The van der Waals surface area contributed by atoms with Gasteiger partial charge in [-0.1, -0.05) is 82.7 Å². The minimum absolute atomic E-state index is 0.109. The number of Topliss-reactive ketones (excluding diaryl/α,β-unsaturated/α-hetero) is 1. The van der Waals surface area contributed by atoms with E-state index in [4.69, 9.17) is 0 Å². The van der Waals surface area contributed by atoms with E-state index >= 15 is 0 Å². The summed E-state index contributed by atoms with van der Waals surface area (Å²) >= 11 is 3.36. The number of hydrogen-bond acceptors (Lipinski definition) is 1. The first-order valence-electron chi connectivity index (χ1n) is 19.6. The minimum Gasteiger partial charge on any atom is -0.287 e. The normalized spacial score (nSPS) is 13.4. The van der Waals surface area contributed by atoms with Crippen LogP contribution in [0.3, 0.4) is 0 Å². The molecule has 0 bridgehead atoms. The van der Waals surface area contributed by atoms with E-state index in [0.717, 1.165) is 10.0 Å². The van der Waals surface area contributed by atoms with E-state index < -0.39 is 195 Å². The van der Waals surface area contributed by atoms with Crippen LogP contribution in [-0.4, -0.2) is 11.9 Å². The third kappa shape index (κ3) is 13.7. The topological polar surface area (TPSA) is 20.9 Å². The molecule has 392 valence electrons. The van der Waals surface area contributed by atoms with Crippen molar-refractivity contribution in [1.82, 2.24) is 0 Å². The van der Waals surface area contributed by atoms with Gasteiger partial charge in [0, 0.05) is 22.2 Å². The average Bonchev–Trinajstić information content (AvgIpc) is 3.24. The van der Waals surface area contributed by atoms with Crippen LogP contribution in [0, 0.1) is 0 Å². The van der Waals surface area contributed by atoms with Crippen LogP contribution >= 0.6 is 15.9 Å². The second-order valence-electron chi connectivity index (χ2n) is 15.7. The number of halogens is 25. The van der Waals surface area contributed by atoms with Crippen LogP contribution in [0.2, 0.25) is 0 Å². The van der Waals surface area contributed by atoms with E-state index in [9.17, 15) is 110 Å². The van der Waals surface area contributed by atoms with Gasteiger partial charge >= 0.3 is 49.4 Å². The van der Waals surface area contributed by atoms with E-state index in [0.29, 0.717) is 6.54 Å². The van der Waals surface area contributed by atoms with Gasteiger partial charge in [0.15, 0.2) is 12.4 Å². The molecule has 5 aromatic carbocycles. The highest BCUT2D eigenvalue weighted by molar-refractivity contribution is 9.10. The molecule has 0 unspecified atom stereocenters. The Kier molecular flexibility index (Phi) is 15.7. The van der Waals surface area contributed by atoms with E-state index in [2.05, 4.69) is 15.9 Å². The zero-order valence-corrected chi connectivity index (χ0v) is 36.8. The lowest BCUT2D eigenvalue weighted by atomic mass is 9.12. The van der Waals surface area contributed by atoms with Gasteiger partial charge in [-0.2, -0.15) is 132 Å². The first kappa shape index (κ1) is 57.7. The third-order valence-corrected chi connectivity index (χ3v) is 11.2. The average molecular weight is 1140 g/mol. The number of benzene rings is 5. The minimum atomic E-state index is -6.13. The molecule has 0 N–H and O–H groups in total. The molecule has 0 saturated heterocycles. The van der Waals surface area contributed by atoms with Crippen molar-refractivity contribution in [3.05, 3.63) is 182 Å². The van der Waals surface area contributed by atoms with Crippen LogP contribution in [-0.2, 0) is 56.0 Å². The van der Waals surface area contributed by atoms with Gasteiger partial charge in [0.2, 0.25) is 12.3 Å². The van der Waals surface area contributed by atoms with Crippen LogP contribution in [0.5, 0.6) is 0 Å². The molecule has 1 aromatic heterocycles. The van der Waals surface area contributed by atoms with Crippen LogP contribution < -0.4 is 26.4 Å². The van der Waals surface area contributed by atoms with Crippen molar-refractivity contribution in [3.8, 4) is 0 Å². The van der Waals surface area contributed by atoms with Crippen LogP contribution in [0.15, 0.2) is 132 Å². The van der Waals surface area contributed by atoms with Crippen molar-refractivity contribution >= 4 is 49.7 Å². The number of aromatic nitrogens is 1. The van der Waals surface area contributed by atoms with Gasteiger partial charge in [-0.15, -0.1) is 0 Å². The second-order valence-corrected chi connectivity index (χ2v) is 16.6. The molecule has 0 radical (unpaired) electrons. The number of nitrogens with zero attached hydrogens (tertiary/aromatic N) is 1. The van der Waals surface area contributed by atoms with Gasteiger partial charge in [0.05, 0.1) is 44.5 Å². The summed E-state index contributed by atoms with van der Waals surface area (Å²) in [6, 6.07) is 4.39. The fourth-order valence-electron chi connectivity index (χ4n) is 7.53. The monoisotopic (exact) mass is 1140 g/mol. The smallest absolute Gasteiger partial charge is 0.287 e. The number of alkyl halides is 24. The lowest BCUT2D eigenvalue weighted by molar-refractivity contribution is -0.683. The highest BCUT2D eigenvalue weighted by Crippen LogP contribution is 2.41. The van der Waals surface area contributed by atoms with Gasteiger partial charge in [-0.25, -0.2) is 0 Å². The Morgan fingerprint density at radius 3 is 0.822 bits per heavy atom. The molecule has 0 fully saturated rings. The Hall–Kier alpha value is -6.22. The summed E-state index contributed by atoms with van der Waals surface area (Å²) in [5, 5.41) is 0. The Morgan fingerprint density at radius 2 is 0.603 bits per heavy atom. The first-order chi connectivity index (χ1) is 33.0. The van der Waals surface area contributed by atoms with Crippen molar-refractivity contribution in [2.45, 2.75) is 56.0 Å². The Bertz CT molecular complexity index is 2530. The quantitative estimate of drug-likeness (QED) is 0.0675. The number of hydrogen-bond donors (Lipinski definition) is 0. The van der Waals surface area contributed by atoms with Crippen molar-refractivity contribution in [1.29, 1.82) is 0 Å². The zero-order valence-electron chi connectivity index (χ0n) is 35.2. The van der Waals surface area contributed by atoms with E-state index in [1.54, 1.807) is 0 Å². The number of ketones is 1. The SMILES string of the molecule is FC(F)(F)c1cc([B-](c2cc(C(F)(F)F)cc(C(F)(F)F)c2)(c2cc(C(F)(F)F)cc(C(F)(F)F)c2)c2cc(C(F)(F)F)cc(C(F)(F)F)c2)cc(C(F)(F)F)c1.O=C(C[n+]1ccccc1)c1cccc(Br)c1. The predicted octanol–water partition coefficient (Wildman–Crippen LogP) is 13.8. The summed E-state index contributed by atoms with van der Waals surface area (Å²) in [5.74, 6) is 0.109. The molecule has 73 heavy (non-hydrogen) atoms. The van der Waals surface area contributed by atoms with Crippen molar-refractivity contribution in [3.63, 3.8) is 0 Å². The van der Waals surface area contributed by atoms with E-state index in [1.807, 2.05) is 59.4 Å². The molecule has 0 saturated carbocycles. The molecule has 0 amide bonds. The lowest BCUT2D eigenvalue weighted by Crippen LogP contribution is -2.75. The molecular formula is C45H23BBrF24NO. The Balaban J connectivity index is 0.000000520. The van der Waals surface area contributed by atoms with Gasteiger partial charge in [0.25, 0.3) is 0 Å². The number of carbonyl (C=O) groups excluding carboxylic acids is 1. The lowest BCUT2D eigenvalue weighted by Gasteiger charge is -2.46. The molecule has 0 aliphatic heterocycles. The molecule has 0 aliphatic rings. The molecular weight excluding hydrogens is 1120 g/mol. The fraction of sp³-hybridized carbons (Fsp3) is 0.200. The van der Waals surface area contributed by atoms with Crippen molar-refractivity contribution in [2.75, 3.05) is 0 Å². The van der Waals surface area contributed by atoms with E-state index in [1.165, 1.54) is 0 Å². The molecule has 0 atom stereocenters. The Labute approximate surface area is 401 Å². The maximum absolute atomic E-state index is 14.2. The largest absolute Gasteiger partial charge is 0.416 e. The highest BCUT2D eigenvalue weighted by Gasteiger charge is 2.47. The third-order valence-electron chi connectivity index (χ3n) is 10.7. The Morgan fingerprint density at radius 1 is 0.356 bits per heavy atom. The van der Waals surface area contributed by atoms with Gasteiger partial charge in [0.1, 0.15) is 6.15 Å². The number of pyridine rings is 1. The number of carbonyl (C=O) groups is 1. The molecule has 6 aromatic rings. The summed E-state index contributed by atoms with van der Waals surface area (Å²) in [5.41, 5.74) is -29.5. The molecule has 0 aliphatic carbocycles. The van der Waals surface area contributed by atoms with Crippen LogP contribution in [0.1, 0.15) is 54.9 Å². The maximum Gasteiger partial charge on any atom is 0.416 e. The highest BCUT2D eigenvalue weighted by atomic mass is 79.9. The van der Waals surface area contributed by atoms with Gasteiger partial charge < -0.3 is 0 Å². The summed E-state index contributed by atoms with van der Waals surface area (Å²) in [6.45, 7) is 0.372. The van der Waals surface area contributed by atoms with Gasteiger partial charge in [-0.05, 0) is 36.4 Å². The molecule has 2 nitrogen and oxygen atoms in total. The number of rotatable bonds is 7. The standard InChI is InChI=1S/C32H12BF24.C13H11BrNO/c34-25(35,36)13-1-14(26(37,38)39)6-21(5-13)33(22-7-15(27(40,41)42)2-16(8-22)28(43,44)45,23-9-17(29(46,47)48)3-18(10-23)30(49,50)51)24-11-19(31(52,53)54)4-20(12-24)32(55,56)57;14-12-6-4-5-11(9-12)13(16)10-15-7-2-1-3-8-15/h1-12H;1-9H,10H2/q-1;+1. The molecule has 0 spiro atoms. The zero-order chi connectivity index (χ0) is 55.3. The van der Waals surface area contributed by atoms with Crippen molar-refractivity contribution in [2.24, 2.45) is 0 Å².